The maximum Gasteiger partial charge on any atom is 0.269 e. The predicted octanol–water partition coefficient (Wildman–Crippen LogP) is 5.17. The molecule has 0 N–H and O–H groups in total. The van der Waals surface area contributed by atoms with Gasteiger partial charge in [-0.25, -0.2) is 9.67 Å². The zero-order valence-electron chi connectivity index (χ0n) is 22.5. The van der Waals surface area contributed by atoms with Gasteiger partial charge in [-0.1, -0.05) is 29.3 Å². The molecule has 3 heterocycles. The van der Waals surface area contributed by atoms with E-state index in [0.29, 0.717) is 22.2 Å². The Labute approximate surface area is 252 Å². The highest BCUT2D eigenvalue weighted by molar-refractivity contribution is 6.35. The molecule has 1 aromatic heterocycles. The van der Waals surface area contributed by atoms with Gasteiger partial charge < -0.3 is 24.0 Å². The molecule has 0 radical (unpaired) electrons. The number of hydrogen-bond donors (Lipinski definition) is 0. The molecule has 218 valence electrons. The van der Waals surface area contributed by atoms with Crippen LogP contribution in [0.25, 0.3) is 0 Å². The van der Waals surface area contributed by atoms with Gasteiger partial charge in [0.1, 0.15) is 37.7 Å². The third-order valence-electron chi connectivity index (χ3n) is 7.38. The van der Waals surface area contributed by atoms with Crippen molar-refractivity contribution in [2.24, 2.45) is 0 Å². The fraction of sp³-hybridized carbons (Fsp3) is 0.310. The molecule has 2 unspecified atom stereocenters. The highest BCUT2D eigenvalue weighted by Gasteiger charge is 2.45. The number of anilines is 2. The van der Waals surface area contributed by atoms with E-state index < -0.39 is 5.79 Å². The Morgan fingerprint density at radius 3 is 2.24 bits per heavy atom. The molecule has 2 fully saturated rings. The molecule has 0 amide bonds. The van der Waals surface area contributed by atoms with Crippen LogP contribution in [0.5, 0.6) is 5.75 Å². The van der Waals surface area contributed by atoms with E-state index in [4.69, 9.17) is 37.4 Å². The van der Waals surface area contributed by atoms with Crippen molar-refractivity contribution >= 4 is 40.3 Å². The van der Waals surface area contributed by atoms with Crippen molar-refractivity contribution in [3.8, 4) is 5.75 Å². The number of non-ortho nitro benzene ring substituents is 1. The van der Waals surface area contributed by atoms with Crippen molar-refractivity contribution in [2.45, 2.75) is 18.4 Å². The van der Waals surface area contributed by atoms with Gasteiger partial charge in [-0.2, -0.15) is 5.10 Å². The fourth-order valence-corrected chi connectivity index (χ4v) is 5.79. The molecular formula is C29H28Cl2N6O5. The first-order valence-corrected chi connectivity index (χ1v) is 14.2. The van der Waals surface area contributed by atoms with Gasteiger partial charge in [0.25, 0.3) is 5.69 Å². The highest BCUT2D eigenvalue weighted by atomic mass is 35.5. The van der Waals surface area contributed by atoms with E-state index in [2.05, 4.69) is 19.9 Å². The number of nitro benzene ring substituents is 1. The number of ether oxygens (including phenoxy) is 3. The largest absolute Gasteiger partial charge is 0.491 e. The minimum atomic E-state index is -1.16. The van der Waals surface area contributed by atoms with Crippen molar-refractivity contribution in [3.63, 3.8) is 0 Å². The SMILES string of the molecule is O=[N+]([O-])c1ccc(N2CCN(c3ccc(OCC4COC(Cn5cncn5)(c5ccc(Cl)cc5Cl)O4)cc3)CC2)cc1. The Balaban J connectivity index is 1.04. The molecule has 0 spiro atoms. The van der Waals surface area contributed by atoms with Crippen LogP contribution in [0, 0.1) is 10.1 Å². The monoisotopic (exact) mass is 610 g/mol. The summed E-state index contributed by atoms with van der Waals surface area (Å²) in [7, 11) is 0. The van der Waals surface area contributed by atoms with Gasteiger partial charge in [0.2, 0.25) is 5.79 Å². The van der Waals surface area contributed by atoms with Crippen molar-refractivity contribution in [1.82, 2.24) is 14.8 Å². The molecule has 2 atom stereocenters. The van der Waals surface area contributed by atoms with Gasteiger partial charge >= 0.3 is 0 Å². The quantitative estimate of drug-likeness (QED) is 0.187. The van der Waals surface area contributed by atoms with Crippen LogP contribution in [-0.2, 0) is 21.8 Å². The van der Waals surface area contributed by atoms with Crippen LogP contribution in [-0.4, -0.2) is 65.2 Å². The summed E-state index contributed by atoms with van der Waals surface area (Å²) >= 11 is 12.7. The topological polar surface area (TPSA) is 108 Å². The number of benzene rings is 3. The summed E-state index contributed by atoms with van der Waals surface area (Å²) in [5.41, 5.74) is 2.86. The Kier molecular flexibility index (Phi) is 8.16. The van der Waals surface area contributed by atoms with E-state index in [-0.39, 0.29) is 29.9 Å². The van der Waals surface area contributed by atoms with Crippen LogP contribution < -0.4 is 14.5 Å². The van der Waals surface area contributed by atoms with E-state index in [1.165, 1.54) is 6.33 Å². The van der Waals surface area contributed by atoms with Gasteiger partial charge in [0, 0.05) is 60.3 Å². The van der Waals surface area contributed by atoms with E-state index in [0.717, 1.165) is 43.3 Å². The number of nitro groups is 1. The molecule has 0 bridgehead atoms. The van der Waals surface area contributed by atoms with Gasteiger partial charge in [-0.05, 0) is 48.5 Å². The Bertz CT molecular complexity index is 1510. The lowest BCUT2D eigenvalue weighted by atomic mass is 10.1. The van der Waals surface area contributed by atoms with Crippen molar-refractivity contribution in [3.05, 3.63) is 105 Å². The summed E-state index contributed by atoms with van der Waals surface area (Å²) in [5.74, 6) is -0.436. The number of rotatable bonds is 9. The third kappa shape index (κ3) is 6.14. The van der Waals surface area contributed by atoms with Crippen LogP contribution in [0.15, 0.2) is 79.4 Å². The van der Waals surface area contributed by atoms with E-state index in [1.807, 2.05) is 36.4 Å². The minimum Gasteiger partial charge on any atom is -0.491 e. The maximum atomic E-state index is 10.9. The van der Waals surface area contributed by atoms with E-state index in [9.17, 15) is 10.1 Å². The molecular weight excluding hydrogens is 583 g/mol. The maximum absolute atomic E-state index is 10.9. The molecule has 2 aliphatic heterocycles. The zero-order chi connectivity index (χ0) is 29.1. The minimum absolute atomic E-state index is 0.101. The number of nitrogens with zero attached hydrogens (tertiary/aromatic N) is 6. The van der Waals surface area contributed by atoms with Crippen molar-refractivity contribution in [2.75, 3.05) is 49.2 Å². The Morgan fingerprint density at radius 1 is 0.976 bits per heavy atom. The molecule has 42 heavy (non-hydrogen) atoms. The van der Waals surface area contributed by atoms with Crippen molar-refractivity contribution < 1.29 is 19.1 Å². The summed E-state index contributed by atoms with van der Waals surface area (Å²) < 4.78 is 20.4. The molecule has 13 heteroatoms. The molecule has 11 nitrogen and oxygen atoms in total. The average molecular weight is 611 g/mol. The normalized spacial score (nSPS) is 20.6. The van der Waals surface area contributed by atoms with E-state index >= 15 is 0 Å². The molecule has 2 saturated heterocycles. The first kappa shape index (κ1) is 28.2. The second-order valence-electron chi connectivity index (χ2n) is 10.1. The number of halogens is 2. The smallest absolute Gasteiger partial charge is 0.269 e. The molecule has 3 aromatic carbocycles. The number of piperazine rings is 1. The second-order valence-corrected chi connectivity index (χ2v) is 10.9. The third-order valence-corrected chi connectivity index (χ3v) is 7.93. The number of hydrogen-bond acceptors (Lipinski definition) is 9. The average Bonchev–Trinajstić information content (AvgIpc) is 3.67. The van der Waals surface area contributed by atoms with Crippen LogP contribution in [0.4, 0.5) is 17.1 Å². The molecule has 0 aliphatic carbocycles. The van der Waals surface area contributed by atoms with Gasteiger partial charge in [0.05, 0.1) is 16.6 Å². The lowest BCUT2D eigenvalue weighted by Crippen LogP contribution is -2.46. The fourth-order valence-electron chi connectivity index (χ4n) is 5.23. The first-order valence-electron chi connectivity index (χ1n) is 13.5. The van der Waals surface area contributed by atoms with Gasteiger partial charge in [-0.3, -0.25) is 10.1 Å². The summed E-state index contributed by atoms with van der Waals surface area (Å²) in [4.78, 5) is 19.1. The van der Waals surface area contributed by atoms with Gasteiger partial charge in [0.15, 0.2) is 0 Å². The first-order chi connectivity index (χ1) is 20.4. The standard InChI is InChI=1S/C29H28Cl2N6O5/c30-21-1-10-27(28(31)15-21)29(18-36-20-32-19-33-36)41-17-26(42-29)16-40-25-8-6-23(7-9-25)35-13-11-34(12-14-35)22-2-4-24(5-3-22)37(38)39/h1-10,15,19-20,26H,11-14,16-18H2. The second kappa shape index (κ2) is 12.1. The lowest BCUT2D eigenvalue weighted by Gasteiger charge is -2.37. The molecule has 2 aliphatic rings. The van der Waals surface area contributed by atoms with Crippen LogP contribution in [0.3, 0.4) is 0 Å². The van der Waals surface area contributed by atoms with Crippen molar-refractivity contribution in [1.29, 1.82) is 0 Å². The Morgan fingerprint density at radius 2 is 1.64 bits per heavy atom. The van der Waals surface area contributed by atoms with Crippen LogP contribution >= 0.6 is 23.2 Å². The lowest BCUT2D eigenvalue weighted by molar-refractivity contribution is -0.384. The summed E-state index contributed by atoms with van der Waals surface area (Å²) in [6.45, 7) is 4.18. The van der Waals surface area contributed by atoms with Crippen LogP contribution in [0.2, 0.25) is 10.0 Å². The predicted molar refractivity (Wildman–Crippen MR) is 158 cm³/mol. The molecule has 4 aromatic rings. The summed E-state index contributed by atoms with van der Waals surface area (Å²) in [6, 6.07) is 19.9. The Hall–Kier alpha value is -3.90. The summed E-state index contributed by atoms with van der Waals surface area (Å²) in [6.07, 6.45) is 2.71. The van der Waals surface area contributed by atoms with Crippen LogP contribution in [0.1, 0.15) is 5.56 Å². The molecule has 6 rings (SSSR count). The van der Waals surface area contributed by atoms with E-state index in [1.54, 1.807) is 41.3 Å². The van der Waals surface area contributed by atoms with Gasteiger partial charge in [-0.15, -0.1) is 0 Å². The number of aromatic nitrogens is 3. The zero-order valence-corrected chi connectivity index (χ0v) is 24.0. The summed E-state index contributed by atoms with van der Waals surface area (Å²) in [5, 5.41) is 16.1. The highest BCUT2D eigenvalue weighted by Crippen LogP contribution is 2.40. The molecule has 0 saturated carbocycles.